The van der Waals surface area contributed by atoms with E-state index in [-0.39, 0.29) is 6.04 Å². The summed E-state index contributed by atoms with van der Waals surface area (Å²) in [7, 11) is 1.69. The Morgan fingerprint density at radius 3 is 2.83 bits per heavy atom. The zero-order valence-electron chi connectivity index (χ0n) is 16.9. The van der Waals surface area contributed by atoms with Crippen molar-refractivity contribution in [3.63, 3.8) is 0 Å². The number of ether oxygens (including phenoxy) is 1. The fraction of sp³-hybridized carbons (Fsp3) is 0.261. The molecule has 6 nitrogen and oxygen atoms in total. The average Bonchev–Trinajstić information content (AvgIpc) is 3.46. The summed E-state index contributed by atoms with van der Waals surface area (Å²) in [5.74, 6) is 0.808. The Morgan fingerprint density at radius 2 is 2.07 bits per heavy atom. The third-order valence-corrected chi connectivity index (χ3v) is 6.04. The number of nitrogens with zero attached hydrogens (tertiary/aromatic N) is 5. The third kappa shape index (κ3) is 3.27. The quantitative estimate of drug-likeness (QED) is 0.475. The van der Waals surface area contributed by atoms with Gasteiger partial charge in [0, 0.05) is 17.6 Å². The molecule has 0 bridgehead atoms. The van der Waals surface area contributed by atoms with Gasteiger partial charge in [-0.1, -0.05) is 41.1 Å². The number of fused-ring (bicyclic) bond motifs is 1. The summed E-state index contributed by atoms with van der Waals surface area (Å²) < 4.78 is 9.66. The van der Waals surface area contributed by atoms with Crippen LogP contribution in [0.25, 0.3) is 5.69 Å². The van der Waals surface area contributed by atoms with Gasteiger partial charge in [-0.15, -0.1) is 5.10 Å². The lowest BCUT2D eigenvalue weighted by atomic mass is 10.0. The van der Waals surface area contributed by atoms with Gasteiger partial charge < -0.3 is 9.30 Å². The van der Waals surface area contributed by atoms with Crippen LogP contribution in [-0.2, 0) is 12.8 Å². The minimum atomic E-state index is 0.149. The van der Waals surface area contributed by atoms with Crippen molar-refractivity contribution in [3.8, 4) is 11.4 Å². The number of methoxy groups -OCH3 is 1. The van der Waals surface area contributed by atoms with Gasteiger partial charge in [-0.05, 0) is 49.1 Å². The third-order valence-electron chi connectivity index (χ3n) is 5.69. The number of aromatic nitrogens is 5. The summed E-state index contributed by atoms with van der Waals surface area (Å²) in [5.41, 5.74) is 6.38. The van der Waals surface area contributed by atoms with E-state index >= 15 is 0 Å². The molecule has 0 radical (unpaired) electrons. The van der Waals surface area contributed by atoms with Crippen molar-refractivity contribution in [3.05, 3.63) is 88.2 Å². The van der Waals surface area contributed by atoms with E-state index in [4.69, 9.17) is 16.3 Å². The summed E-state index contributed by atoms with van der Waals surface area (Å²) in [6.07, 6.45) is 6.43. The molecule has 1 aliphatic rings. The van der Waals surface area contributed by atoms with Crippen molar-refractivity contribution in [2.24, 2.45) is 0 Å². The molecule has 0 N–H and O–H groups in total. The first-order valence-corrected chi connectivity index (χ1v) is 10.4. The molecule has 0 aliphatic carbocycles. The molecular weight excluding hydrogens is 398 g/mol. The van der Waals surface area contributed by atoms with E-state index in [1.807, 2.05) is 40.6 Å². The molecule has 1 aliphatic heterocycles. The zero-order chi connectivity index (χ0) is 20.7. The van der Waals surface area contributed by atoms with Gasteiger partial charge in [-0.25, -0.2) is 9.67 Å². The maximum atomic E-state index is 6.43. The lowest BCUT2D eigenvalue weighted by Gasteiger charge is -2.13. The summed E-state index contributed by atoms with van der Waals surface area (Å²) in [4.78, 5) is 4.31. The van der Waals surface area contributed by atoms with E-state index < -0.39 is 0 Å². The summed E-state index contributed by atoms with van der Waals surface area (Å²) >= 11 is 6.43. The normalized spacial score (nSPS) is 15.4. The summed E-state index contributed by atoms with van der Waals surface area (Å²) in [5, 5.41) is 9.74. The largest absolute Gasteiger partial charge is 0.495 e. The van der Waals surface area contributed by atoms with Crippen LogP contribution in [0, 0.1) is 6.92 Å². The summed E-state index contributed by atoms with van der Waals surface area (Å²) in [6.45, 7) is 1.97. The average molecular weight is 420 g/mol. The molecule has 0 fully saturated rings. The lowest BCUT2D eigenvalue weighted by Crippen LogP contribution is -2.08. The topological polar surface area (TPSA) is 57.8 Å². The van der Waals surface area contributed by atoms with Gasteiger partial charge in [0.15, 0.2) is 0 Å². The van der Waals surface area contributed by atoms with E-state index in [2.05, 4.69) is 39.6 Å². The highest BCUT2D eigenvalue weighted by Gasteiger charge is 2.29. The molecule has 0 amide bonds. The highest BCUT2D eigenvalue weighted by molar-refractivity contribution is 6.31. The van der Waals surface area contributed by atoms with Gasteiger partial charge >= 0.3 is 0 Å². The number of aryl methyl sites for hydroxylation is 1. The lowest BCUT2D eigenvalue weighted by molar-refractivity contribution is 0.412. The van der Waals surface area contributed by atoms with Crippen molar-refractivity contribution < 1.29 is 4.74 Å². The Kier molecular flexibility index (Phi) is 4.79. The van der Waals surface area contributed by atoms with Gasteiger partial charge in [0.2, 0.25) is 0 Å². The van der Waals surface area contributed by atoms with Gasteiger partial charge in [-0.2, -0.15) is 0 Å². The van der Waals surface area contributed by atoms with Crippen LogP contribution in [0.15, 0.2) is 55.0 Å². The number of hydrogen-bond donors (Lipinski definition) is 0. The number of hydrogen-bond acceptors (Lipinski definition) is 4. The highest BCUT2D eigenvalue weighted by Crippen LogP contribution is 2.36. The van der Waals surface area contributed by atoms with Crippen molar-refractivity contribution in [1.82, 2.24) is 24.5 Å². The number of halogens is 1. The van der Waals surface area contributed by atoms with Crippen LogP contribution in [-0.4, -0.2) is 31.7 Å². The van der Waals surface area contributed by atoms with Crippen LogP contribution in [0.2, 0.25) is 5.02 Å². The second kappa shape index (κ2) is 7.61. The van der Waals surface area contributed by atoms with E-state index in [1.165, 1.54) is 5.69 Å². The van der Waals surface area contributed by atoms with Crippen LogP contribution in [0.3, 0.4) is 0 Å². The molecule has 5 rings (SSSR count). The zero-order valence-corrected chi connectivity index (χ0v) is 17.7. The van der Waals surface area contributed by atoms with Crippen LogP contribution >= 0.6 is 11.6 Å². The van der Waals surface area contributed by atoms with E-state index in [0.29, 0.717) is 6.42 Å². The smallest absolute Gasteiger partial charge is 0.143 e. The van der Waals surface area contributed by atoms with Gasteiger partial charge in [0.1, 0.15) is 5.75 Å². The van der Waals surface area contributed by atoms with Crippen LogP contribution in [0.1, 0.15) is 40.7 Å². The SMILES string of the molecule is COc1cc(Cc2nnn3c2CCC3c2ccccc2Cl)ccc1-n1cnc(C)c1. The molecule has 3 heterocycles. The van der Waals surface area contributed by atoms with Gasteiger partial charge in [-0.3, -0.25) is 0 Å². The number of benzene rings is 2. The van der Waals surface area contributed by atoms with Gasteiger partial charge in [0.25, 0.3) is 0 Å². The molecule has 0 saturated carbocycles. The standard InChI is InChI=1S/C23H22ClN5O/c1-15-13-28(14-25-15)22-8-7-16(12-23(22)30-2)11-19-21-10-9-20(29(21)27-26-19)17-5-3-4-6-18(17)24/h3-8,12-14,20H,9-11H2,1-2H3. The number of rotatable bonds is 5. The fourth-order valence-electron chi connectivity index (χ4n) is 4.21. The maximum absolute atomic E-state index is 6.43. The minimum Gasteiger partial charge on any atom is -0.495 e. The minimum absolute atomic E-state index is 0.149. The predicted octanol–water partition coefficient (Wildman–Crippen LogP) is 4.56. The van der Waals surface area contributed by atoms with E-state index in [0.717, 1.165) is 51.8 Å². The molecule has 1 unspecified atom stereocenters. The molecule has 2 aromatic carbocycles. The monoisotopic (exact) mass is 419 g/mol. The first-order valence-electron chi connectivity index (χ1n) is 9.99. The molecule has 0 spiro atoms. The highest BCUT2D eigenvalue weighted by atomic mass is 35.5. The number of imidazole rings is 1. The van der Waals surface area contributed by atoms with Crippen LogP contribution in [0.5, 0.6) is 5.75 Å². The van der Waals surface area contributed by atoms with Crippen LogP contribution < -0.4 is 4.74 Å². The first kappa shape index (κ1) is 18.9. The van der Waals surface area contributed by atoms with Crippen molar-refractivity contribution >= 4 is 11.6 Å². The fourth-order valence-corrected chi connectivity index (χ4v) is 4.47. The van der Waals surface area contributed by atoms with Gasteiger partial charge in [0.05, 0.1) is 42.2 Å². The Labute approximate surface area is 180 Å². The Morgan fingerprint density at radius 1 is 1.20 bits per heavy atom. The maximum Gasteiger partial charge on any atom is 0.143 e. The first-order chi connectivity index (χ1) is 14.6. The van der Waals surface area contributed by atoms with E-state index in [9.17, 15) is 0 Å². The Bertz CT molecular complexity index is 1210. The van der Waals surface area contributed by atoms with Crippen molar-refractivity contribution in [1.29, 1.82) is 0 Å². The van der Waals surface area contributed by atoms with Crippen LogP contribution in [0.4, 0.5) is 0 Å². The Balaban J connectivity index is 1.43. The second-order valence-electron chi connectivity index (χ2n) is 7.61. The molecule has 30 heavy (non-hydrogen) atoms. The molecule has 0 saturated heterocycles. The van der Waals surface area contributed by atoms with Crippen molar-refractivity contribution in [2.45, 2.75) is 32.2 Å². The molecule has 1 atom stereocenters. The molecule has 7 heteroatoms. The predicted molar refractivity (Wildman–Crippen MR) is 116 cm³/mol. The molecular formula is C23H22ClN5O. The Hall–Kier alpha value is -3.12. The van der Waals surface area contributed by atoms with Crippen molar-refractivity contribution in [2.75, 3.05) is 7.11 Å². The molecule has 4 aromatic rings. The molecule has 152 valence electrons. The molecule has 2 aromatic heterocycles. The second-order valence-corrected chi connectivity index (χ2v) is 8.02. The summed E-state index contributed by atoms with van der Waals surface area (Å²) in [6, 6.07) is 14.4. The van der Waals surface area contributed by atoms with E-state index in [1.54, 1.807) is 13.4 Å².